The predicted molar refractivity (Wildman–Crippen MR) is 93.4 cm³/mol. The van der Waals surface area contributed by atoms with Crippen molar-refractivity contribution in [3.63, 3.8) is 0 Å². The van der Waals surface area contributed by atoms with Gasteiger partial charge < -0.3 is 30.6 Å². The fourth-order valence-electron chi connectivity index (χ4n) is 1.54. The van der Waals surface area contributed by atoms with E-state index in [-0.39, 0.29) is 28.6 Å². The normalized spacial score (nSPS) is 8.75. The zero-order chi connectivity index (χ0) is 18.3. The number of rotatable bonds is 7. The maximum Gasteiger partial charge on any atom is 2.00 e. The van der Waals surface area contributed by atoms with Crippen LogP contribution in [0.5, 0.6) is 0 Å². The third-order valence-electron chi connectivity index (χ3n) is 2.39. The Bertz CT molecular complexity index is 492. The SMILES string of the molecule is CCCCCCCCn1sc(Cl)cc1=O.O=[N+]([O-])[O-].O=[N+]([O-])[O-].[Mg+2]. The topological polar surface area (TPSA) is 154 Å². The Balaban J connectivity index is -0.000000413. The molecule has 0 saturated heterocycles. The Kier molecular flexibility index (Phi) is 21.1. The summed E-state index contributed by atoms with van der Waals surface area (Å²) >= 11 is 7.10. The zero-order valence-corrected chi connectivity index (χ0v) is 16.2. The molecule has 0 aliphatic carbocycles. The van der Waals surface area contributed by atoms with Gasteiger partial charge in [-0.3, -0.25) is 8.75 Å². The van der Waals surface area contributed by atoms with Crippen LogP contribution in [-0.4, -0.2) is 37.2 Å². The first-order chi connectivity index (χ1) is 10.7. The molecular formula is C11H18ClMgN3O7S. The number of nitrogens with zero attached hydrogens (tertiary/aromatic N) is 3. The summed E-state index contributed by atoms with van der Waals surface area (Å²) in [6.45, 7) is 3.04. The molecule has 134 valence electrons. The molecule has 0 aliphatic rings. The average molecular weight is 396 g/mol. The summed E-state index contributed by atoms with van der Waals surface area (Å²) < 4.78 is 2.33. The first-order valence-electron chi connectivity index (χ1n) is 6.70. The van der Waals surface area contributed by atoms with Crippen LogP contribution < -0.4 is 5.56 Å². The Hall–Kier alpha value is -1.11. The van der Waals surface area contributed by atoms with Crippen molar-refractivity contribution in [2.75, 3.05) is 0 Å². The standard InChI is InChI=1S/C11H18ClNOS.Mg.2NO3/c1-2-3-4-5-6-7-8-13-11(14)9-10(12)15-13;;2*2-1(3)4/h9H,2-8H2,1H3;;;/q;+2;2*-1. The molecular weight excluding hydrogens is 378 g/mol. The minimum atomic E-state index is -1.75. The van der Waals surface area contributed by atoms with Gasteiger partial charge in [-0.2, -0.15) is 0 Å². The van der Waals surface area contributed by atoms with E-state index in [1.807, 2.05) is 0 Å². The number of hydrogen-bond acceptors (Lipinski definition) is 8. The molecule has 0 atom stereocenters. The number of unbranched alkanes of at least 4 members (excludes halogenated alkanes) is 5. The third kappa shape index (κ3) is 23.2. The molecule has 0 aromatic carbocycles. The van der Waals surface area contributed by atoms with Crippen LogP contribution in [0.1, 0.15) is 45.4 Å². The van der Waals surface area contributed by atoms with E-state index in [1.165, 1.54) is 49.7 Å². The summed E-state index contributed by atoms with van der Waals surface area (Å²) in [5, 5.41) is 29.5. The third-order valence-corrected chi connectivity index (χ3v) is 3.59. The summed E-state index contributed by atoms with van der Waals surface area (Å²) in [5.74, 6) is 0. The molecule has 24 heavy (non-hydrogen) atoms. The second kappa shape index (κ2) is 18.2. The van der Waals surface area contributed by atoms with Crippen LogP contribution in [0.2, 0.25) is 4.34 Å². The van der Waals surface area contributed by atoms with Gasteiger partial charge >= 0.3 is 23.1 Å². The average Bonchev–Trinajstić information content (AvgIpc) is 2.71. The summed E-state index contributed by atoms with van der Waals surface area (Å²) in [6.07, 6.45) is 7.49. The molecule has 0 aliphatic heterocycles. The van der Waals surface area contributed by atoms with E-state index in [1.54, 1.807) is 3.96 Å². The fraction of sp³-hybridized carbons (Fsp3) is 0.727. The van der Waals surface area contributed by atoms with Gasteiger partial charge in [0.2, 0.25) is 0 Å². The molecule has 0 saturated carbocycles. The number of aromatic nitrogens is 1. The van der Waals surface area contributed by atoms with Crippen LogP contribution in [0, 0.1) is 30.6 Å². The van der Waals surface area contributed by atoms with Crippen molar-refractivity contribution in [3.8, 4) is 0 Å². The van der Waals surface area contributed by atoms with E-state index in [4.69, 9.17) is 42.2 Å². The van der Waals surface area contributed by atoms with E-state index in [0.29, 0.717) is 4.34 Å². The van der Waals surface area contributed by atoms with E-state index in [9.17, 15) is 4.79 Å². The molecule has 1 aromatic heterocycles. The maximum absolute atomic E-state index is 11.3. The van der Waals surface area contributed by atoms with Crippen LogP contribution in [0.15, 0.2) is 10.9 Å². The predicted octanol–water partition coefficient (Wildman–Crippen LogP) is 3.06. The molecule has 1 heterocycles. The molecule has 1 rings (SSSR count). The fourth-order valence-corrected chi connectivity index (χ4v) is 2.61. The van der Waals surface area contributed by atoms with Gasteiger partial charge in [-0.05, 0) is 18.0 Å². The van der Waals surface area contributed by atoms with Gasteiger partial charge in [0.25, 0.3) is 5.56 Å². The first kappa shape index (κ1) is 27.7. The van der Waals surface area contributed by atoms with E-state index in [2.05, 4.69) is 6.92 Å². The van der Waals surface area contributed by atoms with Gasteiger partial charge in [0, 0.05) is 12.6 Å². The van der Waals surface area contributed by atoms with Gasteiger partial charge in [-0.1, -0.05) is 50.6 Å². The van der Waals surface area contributed by atoms with Crippen molar-refractivity contribution in [1.82, 2.24) is 3.96 Å². The van der Waals surface area contributed by atoms with Crippen molar-refractivity contribution in [2.24, 2.45) is 0 Å². The molecule has 0 bridgehead atoms. The van der Waals surface area contributed by atoms with E-state index >= 15 is 0 Å². The molecule has 0 radical (unpaired) electrons. The van der Waals surface area contributed by atoms with Gasteiger partial charge in [0.05, 0.1) is 10.2 Å². The van der Waals surface area contributed by atoms with Crippen molar-refractivity contribution >= 4 is 46.2 Å². The Morgan fingerprint density at radius 1 is 1.04 bits per heavy atom. The molecule has 0 fully saturated rings. The Labute approximate surface area is 163 Å². The Morgan fingerprint density at radius 2 is 1.46 bits per heavy atom. The van der Waals surface area contributed by atoms with Crippen LogP contribution in [0.4, 0.5) is 0 Å². The summed E-state index contributed by atoms with van der Waals surface area (Å²) in [5.41, 5.74) is 0.0403. The van der Waals surface area contributed by atoms with Crippen LogP contribution in [0.25, 0.3) is 0 Å². The van der Waals surface area contributed by atoms with Crippen molar-refractivity contribution < 1.29 is 10.2 Å². The summed E-state index contributed by atoms with van der Waals surface area (Å²) in [4.78, 5) is 27.8. The first-order valence-corrected chi connectivity index (χ1v) is 7.85. The van der Waals surface area contributed by atoms with Crippen LogP contribution >= 0.6 is 23.1 Å². The zero-order valence-electron chi connectivity index (χ0n) is 13.2. The molecule has 0 amide bonds. The van der Waals surface area contributed by atoms with Gasteiger partial charge in [0.15, 0.2) is 0 Å². The molecule has 1 aromatic rings. The Morgan fingerprint density at radius 3 is 1.83 bits per heavy atom. The molecule has 0 spiro atoms. The molecule has 13 heteroatoms. The largest absolute Gasteiger partial charge is 2.00 e. The van der Waals surface area contributed by atoms with Crippen molar-refractivity contribution in [3.05, 3.63) is 51.4 Å². The second-order valence-corrected chi connectivity index (χ2v) is 5.89. The maximum atomic E-state index is 11.3. The summed E-state index contributed by atoms with van der Waals surface area (Å²) in [7, 11) is 0. The quantitative estimate of drug-likeness (QED) is 0.297. The molecule has 0 unspecified atom stereocenters. The molecule has 10 nitrogen and oxygen atoms in total. The summed E-state index contributed by atoms with van der Waals surface area (Å²) in [6, 6.07) is 1.49. The monoisotopic (exact) mass is 395 g/mol. The second-order valence-electron chi connectivity index (χ2n) is 4.20. The van der Waals surface area contributed by atoms with Crippen molar-refractivity contribution in [2.45, 2.75) is 52.0 Å². The number of aryl methyl sites for hydroxylation is 1. The smallest absolute Gasteiger partial charge is 0.356 e. The van der Waals surface area contributed by atoms with E-state index in [0.717, 1.165) is 13.0 Å². The van der Waals surface area contributed by atoms with Gasteiger partial charge in [0.1, 0.15) is 4.34 Å². The van der Waals surface area contributed by atoms with Crippen LogP contribution in [0.3, 0.4) is 0 Å². The van der Waals surface area contributed by atoms with Gasteiger partial charge in [-0.25, -0.2) is 0 Å². The van der Waals surface area contributed by atoms with Crippen molar-refractivity contribution in [1.29, 1.82) is 0 Å². The minimum absolute atomic E-state index is 0. The van der Waals surface area contributed by atoms with E-state index < -0.39 is 10.2 Å². The van der Waals surface area contributed by atoms with Crippen LogP contribution in [-0.2, 0) is 6.54 Å². The molecule has 0 N–H and O–H groups in total. The minimum Gasteiger partial charge on any atom is -0.356 e. The van der Waals surface area contributed by atoms with Gasteiger partial charge in [-0.15, -0.1) is 0 Å². The number of hydrogen-bond donors (Lipinski definition) is 0. The number of halogens is 1.